The first-order chi connectivity index (χ1) is 6.02. The Bertz CT molecular complexity index is 213. The molecule has 80 valence electrons. The number of unbranched alkanes of at least 4 members (excludes halogenated alkanes) is 1. The fraction of sp³-hybridized carbons (Fsp3) is 1.00. The first-order valence-electron chi connectivity index (χ1n) is 4.62. The van der Waals surface area contributed by atoms with Crippen molar-refractivity contribution in [2.45, 2.75) is 39.2 Å². The van der Waals surface area contributed by atoms with Gasteiger partial charge in [0.15, 0.2) is 0 Å². The first-order valence-corrected chi connectivity index (χ1v) is 6.28. The van der Waals surface area contributed by atoms with E-state index in [4.69, 9.17) is 5.11 Å². The normalized spacial score (nSPS) is 14.4. The van der Waals surface area contributed by atoms with Crippen LogP contribution in [-0.2, 0) is 10.0 Å². The zero-order valence-electron chi connectivity index (χ0n) is 8.28. The van der Waals surface area contributed by atoms with E-state index in [0.29, 0.717) is 12.8 Å². The third kappa shape index (κ3) is 6.98. The van der Waals surface area contributed by atoms with Gasteiger partial charge in [-0.15, -0.1) is 0 Å². The summed E-state index contributed by atoms with van der Waals surface area (Å²) in [6, 6.07) is -0.000809. The predicted octanol–water partition coefficient (Wildman–Crippen LogP) is 0.477. The average Bonchev–Trinajstić information content (AvgIpc) is 2.03. The minimum atomic E-state index is -3.13. The number of sulfonamides is 1. The highest BCUT2D eigenvalue weighted by molar-refractivity contribution is 7.89. The van der Waals surface area contributed by atoms with Crippen molar-refractivity contribution in [3.05, 3.63) is 0 Å². The van der Waals surface area contributed by atoms with Crippen LogP contribution in [0.5, 0.6) is 0 Å². The summed E-state index contributed by atoms with van der Waals surface area (Å²) in [5.74, 6) is 0.109. The first kappa shape index (κ1) is 12.9. The van der Waals surface area contributed by atoms with Gasteiger partial charge in [0.25, 0.3) is 0 Å². The summed E-state index contributed by atoms with van der Waals surface area (Å²) in [6.07, 6.45) is 1.85. The van der Waals surface area contributed by atoms with Crippen LogP contribution in [0.3, 0.4) is 0 Å². The molecule has 0 aromatic rings. The van der Waals surface area contributed by atoms with E-state index >= 15 is 0 Å². The summed E-state index contributed by atoms with van der Waals surface area (Å²) in [4.78, 5) is 0. The van der Waals surface area contributed by atoms with Crippen LogP contribution in [-0.4, -0.2) is 31.9 Å². The van der Waals surface area contributed by atoms with Crippen molar-refractivity contribution in [1.82, 2.24) is 4.72 Å². The molecule has 0 aliphatic rings. The van der Waals surface area contributed by atoms with Crippen LogP contribution in [0.25, 0.3) is 0 Å². The second kappa shape index (κ2) is 6.34. The van der Waals surface area contributed by atoms with Gasteiger partial charge in [0.2, 0.25) is 10.0 Å². The standard InChI is InChI=1S/C8H19NO3S/c1-3-8(2)9-13(11,12)7-5-4-6-10/h8-10H,3-7H2,1-2H3. The molecule has 0 aliphatic carbocycles. The van der Waals surface area contributed by atoms with Crippen LogP contribution in [0.2, 0.25) is 0 Å². The topological polar surface area (TPSA) is 66.4 Å². The highest BCUT2D eigenvalue weighted by Crippen LogP contribution is 1.97. The van der Waals surface area contributed by atoms with Gasteiger partial charge in [0, 0.05) is 12.6 Å². The SMILES string of the molecule is CCC(C)NS(=O)(=O)CCCCO. The molecule has 0 rings (SSSR count). The van der Waals surface area contributed by atoms with Crippen LogP contribution in [0.4, 0.5) is 0 Å². The van der Waals surface area contributed by atoms with Crippen molar-refractivity contribution >= 4 is 10.0 Å². The molecular formula is C8H19NO3S. The highest BCUT2D eigenvalue weighted by atomic mass is 32.2. The molecule has 0 aromatic heterocycles. The van der Waals surface area contributed by atoms with Crippen molar-refractivity contribution in [2.24, 2.45) is 0 Å². The Morgan fingerprint density at radius 3 is 2.46 bits per heavy atom. The largest absolute Gasteiger partial charge is 0.396 e. The summed E-state index contributed by atoms with van der Waals surface area (Å²) in [5, 5.41) is 8.48. The summed E-state index contributed by atoms with van der Waals surface area (Å²) < 4.78 is 25.1. The summed E-state index contributed by atoms with van der Waals surface area (Å²) in [6.45, 7) is 3.82. The van der Waals surface area contributed by atoms with Gasteiger partial charge in [-0.2, -0.15) is 0 Å². The fourth-order valence-corrected chi connectivity index (χ4v) is 2.33. The maximum Gasteiger partial charge on any atom is 0.211 e. The van der Waals surface area contributed by atoms with E-state index < -0.39 is 10.0 Å². The van der Waals surface area contributed by atoms with E-state index in [2.05, 4.69) is 4.72 Å². The molecule has 1 atom stereocenters. The van der Waals surface area contributed by atoms with Crippen molar-refractivity contribution in [3.63, 3.8) is 0 Å². The monoisotopic (exact) mass is 209 g/mol. The smallest absolute Gasteiger partial charge is 0.211 e. The predicted molar refractivity (Wildman–Crippen MR) is 53.0 cm³/mol. The van der Waals surface area contributed by atoms with E-state index in [-0.39, 0.29) is 18.4 Å². The lowest BCUT2D eigenvalue weighted by atomic mass is 10.3. The molecule has 4 nitrogen and oxygen atoms in total. The van der Waals surface area contributed by atoms with Crippen molar-refractivity contribution in [1.29, 1.82) is 0 Å². The third-order valence-electron chi connectivity index (χ3n) is 1.81. The quantitative estimate of drug-likeness (QED) is 0.599. The van der Waals surface area contributed by atoms with E-state index in [1.54, 1.807) is 0 Å². The molecule has 0 aliphatic heterocycles. The highest BCUT2D eigenvalue weighted by Gasteiger charge is 2.11. The van der Waals surface area contributed by atoms with E-state index in [1.165, 1.54) is 0 Å². The van der Waals surface area contributed by atoms with Gasteiger partial charge in [-0.3, -0.25) is 0 Å². The zero-order chi connectivity index (χ0) is 10.3. The lowest BCUT2D eigenvalue weighted by molar-refractivity contribution is 0.287. The molecule has 0 radical (unpaired) electrons. The summed E-state index contributed by atoms with van der Waals surface area (Å²) >= 11 is 0. The molecule has 0 heterocycles. The van der Waals surface area contributed by atoms with E-state index in [9.17, 15) is 8.42 Å². The van der Waals surface area contributed by atoms with E-state index in [1.807, 2.05) is 13.8 Å². The number of aliphatic hydroxyl groups excluding tert-OH is 1. The summed E-state index contributed by atoms with van der Waals surface area (Å²) in [5.41, 5.74) is 0. The van der Waals surface area contributed by atoms with Crippen molar-refractivity contribution < 1.29 is 13.5 Å². The third-order valence-corrected chi connectivity index (χ3v) is 3.40. The minimum Gasteiger partial charge on any atom is -0.396 e. The second-order valence-electron chi connectivity index (χ2n) is 3.18. The van der Waals surface area contributed by atoms with Gasteiger partial charge in [-0.1, -0.05) is 6.92 Å². The number of aliphatic hydroxyl groups is 1. The van der Waals surface area contributed by atoms with Crippen LogP contribution < -0.4 is 4.72 Å². The summed E-state index contributed by atoms with van der Waals surface area (Å²) in [7, 11) is -3.13. The molecule has 2 N–H and O–H groups in total. The molecule has 0 spiro atoms. The molecule has 0 saturated carbocycles. The Morgan fingerprint density at radius 1 is 1.38 bits per heavy atom. The number of hydrogen-bond donors (Lipinski definition) is 2. The lowest BCUT2D eigenvalue weighted by Gasteiger charge is -2.11. The second-order valence-corrected chi connectivity index (χ2v) is 5.05. The van der Waals surface area contributed by atoms with Gasteiger partial charge in [-0.25, -0.2) is 13.1 Å². The molecule has 1 unspecified atom stereocenters. The van der Waals surface area contributed by atoms with Crippen LogP contribution in [0.1, 0.15) is 33.1 Å². The number of hydrogen-bond acceptors (Lipinski definition) is 3. The van der Waals surface area contributed by atoms with E-state index in [0.717, 1.165) is 6.42 Å². The van der Waals surface area contributed by atoms with Crippen LogP contribution in [0.15, 0.2) is 0 Å². The molecule has 5 heteroatoms. The molecular weight excluding hydrogens is 190 g/mol. The number of rotatable bonds is 7. The zero-order valence-corrected chi connectivity index (χ0v) is 9.10. The Balaban J connectivity index is 3.81. The van der Waals surface area contributed by atoms with Crippen LogP contribution in [0, 0.1) is 0 Å². The molecule has 0 amide bonds. The van der Waals surface area contributed by atoms with Crippen molar-refractivity contribution in [2.75, 3.05) is 12.4 Å². The molecule has 0 fully saturated rings. The fourth-order valence-electron chi connectivity index (χ4n) is 0.853. The van der Waals surface area contributed by atoms with Gasteiger partial charge >= 0.3 is 0 Å². The molecule has 0 aromatic carbocycles. The van der Waals surface area contributed by atoms with Gasteiger partial charge in [0.1, 0.15) is 0 Å². The van der Waals surface area contributed by atoms with Crippen molar-refractivity contribution in [3.8, 4) is 0 Å². The lowest BCUT2D eigenvalue weighted by Crippen LogP contribution is -2.33. The maximum absolute atomic E-state index is 11.3. The Kier molecular flexibility index (Phi) is 6.28. The molecule has 0 saturated heterocycles. The van der Waals surface area contributed by atoms with Gasteiger partial charge < -0.3 is 5.11 Å². The van der Waals surface area contributed by atoms with Crippen LogP contribution >= 0.6 is 0 Å². The Hall–Kier alpha value is -0.130. The number of nitrogens with one attached hydrogen (secondary N) is 1. The Labute approximate surface area is 80.4 Å². The average molecular weight is 209 g/mol. The molecule has 0 bridgehead atoms. The maximum atomic E-state index is 11.3. The minimum absolute atomic E-state index is 0.000809. The van der Waals surface area contributed by atoms with Gasteiger partial charge in [0.05, 0.1) is 5.75 Å². The Morgan fingerprint density at radius 2 is 2.00 bits per heavy atom. The van der Waals surface area contributed by atoms with Gasteiger partial charge in [-0.05, 0) is 26.2 Å². The molecule has 13 heavy (non-hydrogen) atoms.